The normalized spacial score (nSPS) is 20.0. The number of hydrogen-bond donors (Lipinski definition) is 2. The molecule has 1 saturated heterocycles. The van der Waals surface area contributed by atoms with Crippen LogP contribution in [0.1, 0.15) is 23.6 Å². The number of piperidine rings is 1. The van der Waals surface area contributed by atoms with Crippen LogP contribution in [0.4, 0.5) is 9.18 Å². The van der Waals surface area contributed by atoms with Crippen LogP contribution in [0.3, 0.4) is 0 Å². The van der Waals surface area contributed by atoms with Crippen LogP contribution in [0.5, 0.6) is 5.88 Å². The van der Waals surface area contributed by atoms with Gasteiger partial charge in [0.2, 0.25) is 5.88 Å². The third-order valence-corrected chi connectivity index (χ3v) is 4.60. The molecule has 26 heavy (non-hydrogen) atoms. The monoisotopic (exact) mass is 380 g/mol. The van der Waals surface area contributed by atoms with Crippen molar-refractivity contribution in [1.82, 2.24) is 9.88 Å². The third-order valence-electron chi connectivity index (χ3n) is 4.37. The zero-order valence-corrected chi connectivity index (χ0v) is 14.6. The Morgan fingerprint density at radius 2 is 2.19 bits per heavy atom. The molecule has 0 bridgehead atoms. The van der Waals surface area contributed by atoms with E-state index in [4.69, 9.17) is 21.4 Å². The number of aliphatic hydroxyl groups is 1. The summed E-state index contributed by atoms with van der Waals surface area (Å²) in [5, 5.41) is 19.6. The number of hydrogen-bond acceptors (Lipinski definition) is 4. The predicted molar refractivity (Wildman–Crippen MR) is 92.9 cm³/mol. The van der Waals surface area contributed by atoms with Crippen molar-refractivity contribution in [3.8, 4) is 5.88 Å². The second-order valence-electron chi connectivity index (χ2n) is 6.12. The molecule has 2 heterocycles. The molecule has 0 radical (unpaired) electrons. The standard InChI is InChI=1S/C18H18ClFN2O4/c19-12-5-4-11(14(20)8-12)10-26-17-3-1-2-15(21-17)13-6-7-22(18(24)25)9-16(13)23/h1-5,8,13,16,23H,6-7,9-10H2,(H,24,25)/t13?,16-/m0/s1. The fourth-order valence-electron chi connectivity index (χ4n) is 2.96. The molecule has 1 fully saturated rings. The van der Waals surface area contributed by atoms with E-state index in [1.807, 2.05) is 0 Å². The molecule has 2 atom stereocenters. The molecule has 8 heteroatoms. The van der Waals surface area contributed by atoms with Crippen LogP contribution >= 0.6 is 11.6 Å². The van der Waals surface area contributed by atoms with E-state index in [1.165, 1.54) is 11.0 Å². The average molecular weight is 381 g/mol. The Labute approximate surface area is 154 Å². The minimum Gasteiger partial charge on any atom is -0.473 e. The van der Waals surface area contributed by atoms with Crippen LogP contribution in [0.2, 0.25) is 5.02 Å². The van der Waals surface area contributed by atoms with Crippen LogP contribution in [0.25, 0.3) is 0 Å². The molecule has 1 aromatic heterocycles. The van der Waals surface area contributed by atoms with Crippen molar-refractivity contribution in [3.05, 3.63) is 58.5 Å². The summed E-state index contributed by atoms with van der Waals surface area (Å²) in [6, 6.07) is 9.51. The molecule has 138 valence electrons. The number of nitrogens with zero attached hydrogens (tertiary/aromatic N) is 2. The number of benzene rings is 1. The minimum absolute atomic E-state index is 0.000528. The molecule has 1 aliphatic rings. The largest absolute Gasteiger partial charge is 0.473 e. The van der Waals surface area contributed by atoms with Crippen molar-refractivity contribution >= 4 is 17.7 Å². The molecule has 6 nitrogen and oxygen atoms in total. The number of aliphatic hydroxyl groups excluding tert-OH is 1. The summed E-state index contributed by atoms with van der Waals surface area (Å²) in [7, 11) is 0. The van der Waals surface area contributed by atoms with Gasteiger partial charge in [0.25, 0.3) is 0 Å². The lowest BCUT2D eigenvalue weighted by Gasteiger charge is -2.34. The van der Waals surface area contributed by atoms with Crippen LogP contribution in [-0.4, -0.2) is 45.4 Å². The molecule has 1 aromatic carbocycles. The number of pyridine rings is 1. The second kappa shape index (κ2) is 7.88. The van der Waals surface area contributed by atoms with Crippen molar-refractivity contribution in [2.24, 2.45) is 0 Å². The molecule has 2 aromatic rings. The van der Waals surface area contributed by atoms with Gasteiger partial charge in [-0.15, -0.1) is 0 Å². The van der Waals surface area contributed by atoms with Gasteiger partial charge < -0.3 is 19.8 Å². The average Bonchev–Trinajstić information content (AvgIpc) is 2.61. The van der Waals surface area contributed by atoms with Crippen LogP contribution < -0.4 is 4.74 Å². The molecule has 0 saturated carbocycles. The number of likely N-dealkylation sites (tertiary alicyclic amines) is 1. The zero-order chi connectivity index (χ0) is 18.7. The van der Waals surface area contributed by atoms with Crippen LogP contribution in [0, 0.1) is 5.82 Å². The van der Waals surface area contributed by atoms with E-state index in [2.05, 4.69) is 4.98 Å². The fourth-order valence-corrected chi connectivity index (χ4v) is 3.12. The summed E-state index contributed by atoms with van der Waals surface area (Å²) in [6.45, 7) is 0.377. The number of aromatic nitrogens is 1. The molecular formula is C18H18ClFN2O4. The van der Waals surface area contributed by atoms with Crippen molar-refractivity contribution in [1.29, 1.82) is 0 Å². The van der Waals surface area contributed by atoms with Crippen molar-refractivity contribution < 1.29 is 24.1 Å². The zero-order valence-electron chi connectivity index (χ0n) is 13.8. The van der Waals surface area contributed by atoms with E-state index in [0.717, 1.165) is 0 Å². The molecule has 1 unspecified atom stereocenters. The highest BCUT2D eigenvalue weighted by Crippen LogP contribution is 2.28. The Kier molecular flexibility index (Phi) is 5.58. The Bertz CT molecular complexity index is 805. The Balaban J connectivity index is 1.67. The van der Waals surface area contributed by atoms with E-state index in [9.17, 15) is 14.3 Å². The van der Waals surface area contributed by atoms with Gasteiger partial charge in [-0.05, 0) is 24.6 Å². The summed E-state index contributed by atoms with van der Waals surface area (Å²) in [5.41, 5.74) is 0.980. The third kappa shape index (κ3) is 4.23. The first-order valence-electron chi connectivity index (χ1n) is 8.13. The summed E-state index contributed by atoms with van der Waals surface area (Å²) in [4.78, 5) is 16.6. The van der Waals surface area contributed by atoms with Crippen molar-refractivity contribution in [2.75, 3.05) is 13.1 Å². The molecule has 2 N–H and O–H groups in total. The maximum atomic E-state index is 13.8. The topological polar surface area (TPSA) is 82.9 Å². The number of carboxylic acid groups (broad SMARTS) is 1. The number of carbonyl (C=O) groups is 1. The van der Waals surface area contributed by atoms with E-state index in [1.54, 1.807) is 30.3 Å². The molecular weight excluding hydrogens is 363 g/mol. The van der Waals surface area contributed by atoms with Crippen LogP contribution in [-0.2, 0) is 6.61 Å². The summed E-state index contributed by atoms with van der Waals surface area (Å²) in [6.07, 6.45) is -1.41. The lowest BCUT2D eigenvalue weighted by atomic mass is 9.90. The van der Waals surface area contributed by atoms with Gasteiger partial charge >= 0.3 is 6.09 Å². The maximum Gasteiger partial charge on any atom is 0.407 e. The SMILES string of the molecule is O=C(O)N1CCC(c2cccc(OCc3ccc(Cl)cc3F)n2)[C@@H](O)C1. The van der Waals surface area contributed by atoms with Gasteiger partial charge in [0, 0.05) is 29.1 Å². The molecule has 1 aliphatic heterocycles. The lowest BCUT2D eigenvalue weighted by Crippen LogP contribution is -2.45. The number of halogens is 2. The second-order valence-corrected chi connectivity index (χ2v) is 6.55. The van der Waals surface area contributed by atoms with Crippen molar-refractivity contribution in [3.63, 3.8) is 0 Å². The number of amides is 1. The Morgan fingerprint density at radius 3 is 2.88 bits per heavy atom. The van der Waals surface area contributed by atoms with E-state index < -0.39 is 18.0 Å². The van der Waals surface area contributed by atoms with E-state index in [-0.39, 0.29) is 19.1 Å². The van der Waals surface area contributed by atoms with E-state index in [0.29, 0.717) is 35.1 Å². The Hall–Kier alpha value is -2.38. The minimum atomic E-state index is -1.04. The predicted octanol–water partition coefficient (Wildman–Crippen LogP) is 3.28. The summed E-state index contributed by atoms with van der Waals surface area (Å²) < 4.78 is 19.4. The highest BCUT2D eigenvalue weighted by Gasteiger charge is 2.32. The Morgan fingerprint density at radius 1 is 1.38 bits per heavy atom. The first-order valence-corrected chi connectivity index (χ1v) is 8.51. The van der Waals surface area contributed by atoms with Gasteiger partial charge in [-0.3, -0.25) is 0 Å². The quantitative estimate of drug-likeness (QED) is 0.850. The fraction of sp³-hybridized carbons (Fsp3) is 0.333. The lowest BCUT2D eigenvalue weighted by molar-refractivity contribution is 0.0491. The molecule has 0 spiro atoms. The van der Waals surface area contributed by atoms with E-state index >= 15 is 0 Å². The first-order chi connectivity index (χ1) is 12.4. The van der Waals surface area contributed by atoms with Gasteiger partial charge in [0.05, 0.1) is 18.3 Å². The smallest absolute Gasteiger partial charge is 0.407 e. The molecule has 0 aliphatic carbocycles. The van der Waals surface area contributed by atoms with Gasteiger partial charge in [-0.25, -0.2) is 14.2 Å². The van der Waals surface area contributed by atoms with Gasteiger partial charge in [0.1, 0.15) is 12.4 Å². The van der Waals surface area contributed by atoms with Gasteiger partial charge in [-0.2, -0.15) is 0 Å². The highest BCUT2D eigenvalue weighted by molar-refractivity contribution is 6.30. The number of rotatable bonds is 4. The number of β-amino-alcohol motifs (C(OH)–C–C–N with tert-alkyl or cyclic N) is 1. The van der Waals surface area contributed by atoms with Crippen LogP contribution in [0.15, 0.2) is 36.4 Å². The molecule has 1 amide bonds. The first kappa shape index (κ1) is 18.4. The van der Waals surface area contributed by atoms with Crippen molar-refractivity contribution in [2.45, 2.75) is 25.0 Å². The highest BCUT2D eigenvalue weighted by atomic mass is 35.5. The number of ether oxygens (including phenoxy) is 1. The molecule has 3 rings (SSSR count). The summed E-state index contributed by atoms with van der Waals surface area (Å²) in [5.74, 6) is -0.420. The van der Waals surface area contributed by atoms with Gasteiger partial charge in [0.15, 0.2) is 0 Å². The van der Waals surface area contributed by atoms with Gasteiger partial charge in [-0.1, -0.05) is 23.7 Å². The summed E-state index contributed by atoms with van der Waals surface area (Å²) >= 11 is 5.73. The maximum absolute atomic E-state index is 13.8.